The van der Waals surface area contributed by atoms with Crippen molar-refractivity contribution in [3.05, 3.63) is 28.3 Å². The van der Waals surface area contributed by atoms with E-state index in [2.05, 4.69) is 5.32 Å². The van der Waals surface area contributed by atoms with Gasteiger partial charge < -0.3 is 10.1 Å². The Balaban J connectivity index is 3.39. The molecule has 0 heterocycles. The Bertz CT molecular complexity index is 460. The van der Waals surface area contributed by atoms with Crippen LogP contribution in [0.2, 0.25) is 5.02 Å². The van der Waals surface area contributed by atoms with Gasteiger partial charge in [0.2, 0.25) is 0 Å². The zero-order valence-electron chi connectivity index (χ0n) is 9.69. The molecule has 0 saturated heterocycles. The van der Waals surface area contributed by atoms with E-state index in [1.807, 2.05) is 0 Å². The number of rotatable bonds is 4. The molecule has 3 nitrogen and oxygen atoms in total. The Morgan fingerprint density at radius 2 is 2.06 bits per heavy atom. The molecule has 0 fully saturated rings. The molecule has 0 aliphatic heterocycles. The molecule has 1 aromatic rings. The number of carbonyl (C=O) groups is 1. The maximum absolute atomic E-state index is 12.8. The lowest BCUT2D eigenvalue weighted by molar-refractivity contribution is -0.138. The van der Waals surface area contributed by atoms with E-state index in [9.17, 15) is 18.0 Å². The second-order valence-corrected chi connectivity index (χ2v) is 3.89. The zero-order valence-corrected chi connectivity index (χ0v) is 10.4. The molecule has 0 aliphatic rings. The number of hydrogen-bond donors (Lipinski definition) is 1. The summed E-state index contributed by atoms with van der Waals surface area (Å²) in [5.41, 5.74) is -1.52. The number of alkyl halides is 3. The van der Waals surface area contributed by atoms with Crippen LogP contribution in [-0.4, -0.2) is 26.5 Å². The largest absolute Gasteiger partial charge is 0.495 e. The first-order chi connectivity index (χ1) is 8.31. The molecule has 18 heavy (non-hydrogen) atoms. The van der Waals surface area contributed by atoms with Crippen molar-refractivity contribution in [3.63, 3.8) is 0 Å². The quantitative estimate of drug-likeness (QED) is 0.863. The van der Waals surface area contributed by atoms with E-state index < -0.39 is 23.1 Å². The van der Waals surface area contributed by atoms with Crippen LogP contribution in [0.4, 0.5) is 13.2 Å². The number of nitrogens with one attached hydrogen (secondary N) is 1. The van der Waals surface area contributed by atoms with Crippen molar-refractivity contribution in [2.45, 2.75) is 6.18 Å². The average Bonchev–Trinajstić information content (AvgIpc) is 2.27. The summed E-state index contributed by atoms with van der Waals surface area (Å²) in [6, 6.07) is 1.70. The highest BCUT2D eigenvalue weighted by Crippen LogP contribution is 2.37. The number of ketones is 1. The van der Waals surface area contributed by atoms with Gasteiger partial charge in [-0.25, -0.2) is 0 Å². The Labute approximate surface area is 107 Å². The van der Waals surface area contributed by atoms with Crippen molar-refractivity contribution >= 4 is 17.4 Å². The highest BCUT2D eigenvalue weighted by molar-refractivity contribution is 6.32. The molecule has 0 atom stereocenters. The van der Waals surface area contributed by atoms with Gasteiger partial charge in [0.05, 0.1) is 24.2 Å². The minimum absolute atomic E-state index is 0.0371. The molecule has 0 amide bonds. The summed E-state index contributed by atoms with van der Waals surface area (Å²) < 4.78 is 43.2. The summed E-state index contributed by atoms with van der Waals surface area (Å²) in [4.78, 5) is 11.6. The molecule has 100 valence electrons. The number of hydrogen-bond acceptors (Lipinski definition) is 3. The first-order valence-corrected chi connectivity index (χ1v) is 5.31. The fraction of sp³-hybridized carbons (Fsp3) is 0.364. The minimum Gasteiger partial charge on any atom is -0.495 e. The van der Waals surface area contributed by atoms with Crippen molar-refractivity contribution in [3.8, 4) is 5.75 Å². The average molecular weight is 282 g/mol. The summed E-state index contributed by atoms with van der Waals surface area (Å²) in [5, 5.41) is 2.46. The zero-order chi connectivity index (χ0) is 13.9. The second kappa shape index (κ2) is 5.58. The van der Waals surface area contributed by atoms with Gasteiger partial charge in [-0.3, -0.25) is 4.79 Å². The van der Waals surface area contributed by atoms with Gasteiger partial charge in [0.25, 0.3) is 0 Å². The third-order valence-electron chi connectivity index (χ3n) is 2.24. The van der Waals surface area contributed by atoms with Crippen molar-refractivity contribution in [1.29, 1.82) is 0 Å². The topological polar surface area (TPSA) is 38.3 Å². The lowest BCUT2D eigenvalue weighted by Crippen LogP contribution is -2.22. The van der Waals surface area contributed by atoms with Crippen LogP contribution in [0.1, 0.15) is 15.9 Å². The molecule has 7 heteroatoms. The van der Waals surface area contributed by atoms with E-state index in [1.165, 1.54) is 14.2 Å². The van der Waals surface area contributed by atoms with Gasteiger partial charge >= 0.3 is 6.18 Å². The van der Waals surface area contributed by atoms with Gasteiger partial charge in [0.1, 0.15) is 5.75 Å². The van der Waals surface area contributed by atoms with E-state index in [-0.39, 0.29) is 17.3 Å². The first kappa shape index (κ1) is 14.8. The normalized spacial score (nSPS) is 11.4. The molecular weight excluding hydrogens is 271 g/mol. The summed E-state index contributed by atoms with van der Waals surface area (Å²) in [6.07, 6.45) is -4.64. The maximum Gasteiger partial charge on any atom is 0.417 e. The van der Waals surface area contributed by atoms with Gasteiger partial charge in [-0.15, -0.1) is 0 Å². The van der Waals surface area contributed by atoms with Gasteiger partial charge in [0.15, 0.2) is 5.78 Å². The molecule has 0 saturated carbocycles. The number of likely N-dealkylation sites (N-methyl/N-ethyl adjacent to an activating group) is 1. The molecule has 0 aliphatic carbocycles. The van der Waals surface area contributed by atoms with E-state index in [0.717, 1.165) is 12.1 Å². The van der Waals surface area contributed by atoms with Gasteiger partial charge in [-0.1, -0.05) is 11.6 Å². The summed E-state index contributed by atoms with van der Waals surface area (Å²) in [5.74, 6) is -0.806. The van der Waals surface area contributed by atoms with Crippen LogP contribution >= 0.6 is 11.6 Å². The molecule has 0 aromatic heterocycles. The Kier molecular flexibility index (Phi) is 4.59. The number of ether oxygens (including phenoxy) is 1. The monoisotopic (exact) mass is 281 g/mol. The highest BCUT2D eigenvalue weighted by atomic mass is 35.5. The summed E-state index contributed by atoms with van der Waals surface area (Å²) >= 11 is 5.73. The molecule has 0 spiro atoms. The van der Waals surface area contributed by atoms with Crippen molar-refractivity contribution in [2.75, 3.05) is 20.7 Å². The summed E-state index contributed by atoms with van der Waals surface area (Å²) in [7, 11) is 2.67. The van der Waals surface area contributed by atoms with Crippen molar-refractivity contribution in [1.82, 2.24) is 5.32 Å². The van der Waals surface area contributed by atoms with Crippen LogP contribution in [0.15, 0.2) is 12.1 Å². The smallest absolute Gasteiger partial charge is 0.417 e. The van der Waals surface area contributed by atoms with Crippen molar-refractivity contribution in [2.24, 2.45) is 0 Å². The number of benzene rings is 1. The SMILES string of the molecule is CNCC(=O)c1cc(Cl)c(OC)cc1C(F)(F)F. The molecule has 1 N–H and O–H groups in total. The molecule has 1 aromatic carbocycles. The molecule has 0 unspecified atom stereocenters. The first-order valence-electron chi connectivity index (χ1n) is 4.93. The fourth-order valence-electron chi connectivity index (χ4n) is 1.43. The third-order valence-corrected chi connectivity index (χ3v) is 2.53. The predicted octanol–water partition coefficient (Wildman–Crippen LogP) is 2.77. The molecule has 0 bridgehead atoms. The van der Waals surface area contributed by atoms with Crippen LogP contribution in [0.25, 0.3) is 0 Å². The number of methoxy groups -OCH3 is 1. The van der Waals surface area contributed by atoms with Gasteiger partial charge in [-0.05, 0) is 19.2 Å². The Morgan fingerprint density at radius 1 is 1.44 bits per heavy atom. The fourth-order valence-corrected chi connectivity index (χ4v) is 1.67. The van der Waals surface area contributed by atoms with Crippen molar-refractivity contribution < 1.29 is 22.7 Å². The van der Waals surface area contributed by atoms with E-state index >= 15 is 0 Å². The van der Waals surface area contributed by atoms with Crippen LogP contribution in [-0.2, 0) is 6.18 Å². The second-order valence-electron chi connectivity index (χ2n) is 3.48. The van der Waals surface area contributed by atoms with Gasteiger partial charge in [0, 0.05) is 5.56 Å². The maximum atomic E-state index is 12.8. The van der Waals surface area contributed by atoms with Gasteiger partial charge in [-0.2, -0.15) is 13.2 Å². The van der Waals surface area contributed by atoms with Crippen LogP contribution in [0.5, 0.6) is 5.75 Å². The van der Waals surface area contributed by atoms with Crippen LogP contribution in [0, 0.1) is 0 Å². The Morgan fingerprint density at radius 3 is 2.50 bits per heavy atom. The van der Waals surface area contributed by atoms with E-state index in [0.29, 0.717) is 0 Å². The van der Waals surface area contributed by atoms with Crippen LogP contribution < -0.4 is 10.1 Å². The number of Topliss-reactive ketones (excluding diaryl/α,β-unsaturated/α-hetero) is 1. The summed E-state index contributed by atoms with van der Waals surface area (Å²) in [6.45, 7) is -0.203. The Hall–Kier alpha value is -1.27. The lowest BCUT2D eigenvalue weighted by atomic mass is 10.0. The van der Waals surface area contributed by atoms with E-state index in [4.69, 9.17) is 16.3 Å². The minimum atomic E-state index is -4.64. The number of halogens is 4. The molecule has 0 radical (unpaired) electrons. The predicted molar refractivity (Wildman–Crippen MR) is 61.3 cm³/mol. The third kappa shape index (κ3) is 3.14. The van der Waals surface area contributed by atoms with E-state index in [1.54, 1.807) is 0 Å². The molecular formula is C11H11ClF3NO2. The number of carbonyl (C=O) groups excluding carboxylic acids is 1. The molecule has 1 rings (SSSR count). The van der Waals surface area contributed by atoms with Crippen LogP contribution in [0.3, 0.4) is 0 Å². The highest BCUT2D eigenvalue weighted by Gasteiger charge is 2.36. The standard InChI is InChI=1S/C11H11ClF3NO2/c1-16-5-9(17)6-3-8(12)10(18-2)4-7(6)11(13,14)15/h3-4,16H,5H2,1-2H3. The lowest BCUT2D eigenvalue weighted by Gasteiger charge is -2.14.